The maximum Gasteiger partial charge on any atom is 0.146 e. The summed E-state index contributed by atoms with van der Waals surface area (Å²) in [5, 5.41) is 9.03. The molecule has 0 N–H and O–H groups in total. The highest BCUT2D eigenvalue weighted by Crippen LogP contribution is 2.17. The first kappa shape index (κ1) is 12.5. The first-order chi connectivity index (χ1) is 7.72. The molecule has 1 rings (SSSR count). The van der Waals surface area contributed by atoms with E-state index in [0.29, 0.717) is 12.2 Å². The summed E-state index contributed by atoms with van der Waals surface area (Å²) in [7, 11) is 1.67. The number of rotatable bonds is 5. The molecule has 4 heteroatoms. The zero-order valence-electron chi connectivity index (χ0n) is 10.0. The number of ether oxygens (including phenoxy) is 1. The molecule has 0 spiro atoms. The number of aryl methyl sites for hydroxylation is 1. The van der Waals surface area contributed by atoms with E-state index in [1.165, 1.54) is 0 Å². The second kappa shape index (κ2) is 6.09. The van der Waals surface area contributed by atoms with Gasteiger partial charge in [0.1, 0.15) is 11.9 Å². The minimum atomic E-state index is 0.614. The van der Waals surface area contributed by atoms with E-state index in [-0.39, 0.29) is 0 Å². The summed E-state index contributed by atoms with van der Waals surface area (Å²) < 4.78 is 5.05. The van der Waals surface area contributed by atoms with Gasteiger partial charge in [-0.15, -0.1) is 0 Å². The summed E-state index contributed by atoms with van der Waals surface area (Å²) in [5.41, 5.74) is 1.54. The van der Waals surface area contributed by atoms with E-state index in [1.54, 1.807) is 7.11 Å². The van der Waals surface area contributed by atoms with E-state index in [4.69, 9.17) is 10.00 Å². The highest BCUT2D eigenvalue weighted by atomic mass is 16.5. The zero-order valence-corrected chi connectivity index (χ0v) is 10.0. The predicted octanol–water partition coefficient (Wildman–Crippen LogP) is 1.73. The molecule has 0 aromatic carbocycles. The number of likely N-dealkylation sites (N-methyl/N-ethyl adjacent to an activating group) is 1. The van der Waals surface area contributed by atoms with Gasteiger partial charge in [0, 0.05) is 25.9 Å². The highest BCUT2D eigenvalue weighted by molar-refractivity contribution is 5.54. The van der Waals surface area contributed by atoms with Gasteiger partial charge >= 0.3 is 0 Å². The number of aromatic nitrogens is 1. The van der Waals surface area contributed by atoms with Crippen LogP contribution in [0.5, 0.6) is 0 Å². The van der Waals surface area contributed by atoms with Gasteiger partial charge in [0.2, 0.25) is 0 Å². The zero-order chi connectivity index (χ0) is 12.0. The molecule has 0 saturated heterocycles. The van der Waals surface area contributed by atoms with Crippen LogP contribution in [0.1, 0.15) is 18.2 Å². The lowest BCUT2D eigenvalue weighted by molar-refractivity contribution is 0.205. The van der Waals surface area contributed by atoms with Crippen molar-refractivity contribution in [2.45, 2.75) is 13.8 Å². The molecular weight excluding hydrogens is 202 g/mol. The molecule has 0 amide bonds. The highest BCUT2D eigenvalue weighted by Gasteiger charge is 2.11. The van der Waals surface area contributed by atoms with Crippen molar-refractivity contribution in [2.24, 2.45) is 0 Å². The Kier molecular flexibility index (Phi) is 4.74. The van der Waals surface area contributed by atoms with E-state index in [9.17, 15) is 0 Å². The summed E-state index contributed by atoms with van der Waals surface area (Å²) >= 11 is 0. The van der Waals surface area contributed by atoms with Crippen molar-refractivity contribution >= 4 is 5.82 Å². The fourth-order valence-corrected chi connectivity index (χ4v) is 1.49. The number of nitrogens with zero attached hydrogens (tertiary/aromatic N) is 3. The number of nitriles is 1. The van der Waals surface area contributed by atoms with Gasteiger partial charge in [-0.1, -0.05) is 0 Å². The number of pyridine rings is 1. The van der Waals surface area contributed by atoms with Gasteiger partial charge in [-0.3, -0.25) is 0 Å². The third-order valence-corrected chi connectivity index (χ3v) is 2.38. The molecule has 1 heterocycles. The van der Waals surface area contributed by atoms with Gasteiger partial charge in [-0.05, 0) is 26.0 Å². The molecule has 16 heavy (non-hydrogen) atoms. The van der Waals surface area contributed by atoms with Crippen molar-refractivity contribution in [1.29, 1.82) is 5.26 Å². The van der Waals surface area contributed by atoms with Crippen LogP contribution in [-0.2, 0) is 4.74 Å². The monoisotopic (exact) mass is 219 g/mol. The van der Waals surface area contributed by atoms with Crippen molar-refractivity contribution in [3.63, 3.8) is 0 Å². The van der Waals surface area contributed by atoms with Gasteiger partial charge in [0.25, 0.3) is 0 Å². The average Bonchev–Trinajstić information content (AvgIpc) is 2.30. The number of hydrogen-bond donors (Lipinski definition) is 0. The van der Waals surface area contributed by atoms with Crippen LogP contribution in [0.2, 0.25) is 0 Å². The van der Waals surface area contributed by atoms with Gasteiger partial charge in [-0.25, -0.2) is 4.98 Å². The van der Waals surface area contributed by atoms with Crippen LogP contribution in [-0.4, -0.2) is 31.8 Å². The molecule has 4 nitrogen and oxygen atoms in total. The SMILES string of the molecule is CCN(CCOC)c1nc(C)ccc1C#N. The molecule has 1 aromatic heterocycles. The van der Waals surface area contributed by atoms with Crippen molar-refractivity contribution in [1.82, 2.24) is 4.98 Å². The van der Waals surface area contributed by atoms with Crippen LogP contribution in [0, 0.1) is 18.3 Å². The minimum absolute atomic E-state index is 0.614. The second-order valence-corrected chi connectivity index (χ2v) is 3.51. The third-order valence-electron chi connectivity index (χ3n) is 2.38. The number of hydrogen-bond acceptors (Lipinski definition) is 4. The van der Waals surface area contributed by atoms with Crippen molar-refractivity contribution in [3.05, 3.63) is 23.4 Å². The number of anilines is 1. The van der Waals surface area contributed by atoms with Crippen LogP contribution < -0.4 is 4.90 Å². The smallest absolute Gasteiger partial charge is 0.146 e. The Hall–Kier alpha value is -1.60. The maximum absolute atomic E-state index is 9.03. The molecule has 0 aliphatic rings. The first-order valence-electron chi connectivity index (χ1n) is 5.34. The molecule has 0 bridgehead atoms. The van der Waals surface area contributed by atoms with Crippen molar-refractivity contribution < 1.29 is 4.74 Å². The van der Waals surface area contributed by atoms with Gasteiger partial charge in [-0.2, -0.15) is 5.26 Å². The Morgan fingerprint density at radius 1 is 1.50 bits per heavy atom. The standard InChI is InChI=1S/C12H17N3O/c1-4-15(7-8-16-3)12-11(9-13)6-5-10(2)14-12/h5-6H,4,7-8H2,1-3H3. The van der Waals surface area contributed by atoms with Crippen LogP contribution in [0.15, 0.2) is 12.1 Å². The fourth-order valence-electron chi connectivity index (χ4n) is 1.49. The van der Waals surface area contributed by atoms with Crippen LogP contribution >= 0.6 is 0 Å². The summed E-state index contributed by atoms with van der Waals surface area (Å²) in [6, 6.07) is 5.84. The summed E-state index contributed by atoms with van der Waals surface area (Å²) in [6.07, 6.45) is 0. The Morgan fingerprint density at radius 2 is 2.25 bits per heavy atom. The predicted molar refractivity (Wildman–Crippen MR) is 63.5 cm³/mol. The van der Waals surface area contributed by atoms with E-state index in [0.717, 1.165) is 24.6 Å². The molecule has 0 aliphatic carbocycles. The molecular formula is C12H17N3O. The molecule has 0 saturated carbocycles. The van der Waals surface area contributed by atoms with Crippen LogP contribution in [0.4, 0.5) is 5.82 Å². The Balaban J connectivity index is 2.98. The first-order valence-corrected chi connectivity index (χ1v) is 5.34. The van der Waals surface area contributed by atoms with E-state index >= 15 is 0 Å². The van der Waals surface area contributed by atoms with Crippen molar-refractivity contribution in [2.75, 3.05) is 31.7 Å². The summed E-state index contributed by atoms with van der Waals surface area (Å²) in [5.74, 6) is 0.752. The molecule has 0 aliphatic heterocycles. The van der Waals surface area contributed by atoms with Crippen molar-refractivity contribution in [3.8, 4) is 6.07 Å². The minimum Gasteiger partial charge on any atom is -0.383 e. The lowest BCUT2D eigenvalue weighted by atomic mass is 10.2. The quantitative estimate of drug-likeness (QED) is 0.756. The van der Waals surface area contributed by atoms with Gasteiger partial charge in [0.15, 0.2) is 0 Å². The van der Waals surface area contributed by atoms with E-state index in [2.05, 4.69) is 16.0 Å². The third kappa shape index (κ3) is 2.94. The normalized spacial score (nSPS) is 9.88. The van der Waals surface area contributed by atoms with E-state index < -0.39 is 0 Å². The second-order valence-electron chi connectivity index (χ2n) is 3.51. The van der Waals surface area contributed by atoms with Crippen LogP contribution in [0.3, 0.4) is 0 Å². The molecule has 0 unspecified atom stereocenters. The molecule has 0 atom stereocenters. The molecule has 1 aromatic rings. The van der Waals surface area contributed by atoms with Gasteiger partial charge < -0.3 is 9.64 Å². The Labute approximate surface area is 96.5 Å². The summed E-state index contributed by atoms with van der Waals surface area (Å²) in [6.45, 7) is 6.16. The summed E-state index contributed by atoms with van der Waals surface area (Å²) in [4.78, 5) is 6.47. The van der Waals surface area contributed by atoms with E-state index in [1.807, 2.05) is 26.0 Å². The number of methoxy groups -OCH3 is 1. The molecule has 0 fully saturated rings. The maximum atomic E-state index is 9.03. The molecule has 86 valence electrons. The Morgan fingerprint density at radius 3 is 2.81 bits per heavy atom. The average molecular weight is 219 g/mol. The topological polar surface area (TPSA) is 49.1 Å². The van der Waals surface area contributed by atoms with Gasteiger partial charge in [0.05, 0.1) is 12.2 Å². The lowest BCUT2D eigenvalue weighted by Gasteiger charge is -2.22. The largest absolute Gasteiger partial charge is 0.383 e. The fraction of sp³-hybridized carbons (Fsp3) is 0.500. The van der Waals surface area contributed by atoms with Crippen LogP contribution in [0.25, 0.3) is 0 Å². The lowest BCUT2D eigenvalue weighted by Crippen LogP contribution is -2.28. The molecule has 0 radical (unpaired) electrons. The Bertz CT molecular complexity index is 384.